The Morgan fingerprint density at radius 2 is 1.93 bits per heavy atom. The number of tetrazole rings is 1. The fourth-order valence-corrected chi connectivity index (χ4v) is 3.81. The lowest BCUT2D eigenvalue weighted by Crippen LogP contribution is -2.51. The van der Waals surface area contributed by atoms with E-state index in [1.807, 2.05) is 73.6 Å². The molecule has 0 bridgehead atoms. The summed E-state index contributed by atoms with van der Waals surface area (Å²) in [6, 6.07) is 17.3. The van der Waals surface area contributed by atoms with Gasteiger partial charge in [-0.1, -0.05) is 48.5 Å². The summed E-state index contributed by atoms with van der Waals surface area (Å²) in [5.41, 5.74) is 2.28. The number of amides is 1. The number of nitrogens with one attached hydrogen (secondary N) is 1. The van der Waals surface area contributed by atoms with Crippen LogP contribution in [-0.2, 0) is 4.74 Å². The summed E-state index contributed by atoms with van der Waals surface area (Å²) in [6.45, 7) is 1.73. The Kier molecular flexibility index (Phi) is 5.64. The highest BCUT2D eigenvalue weighted by Crippen LogP contribution is 2.32. The van der Waals surface area contributed by atoms with E-state index in [4.69, 9.17) is 4.74 Å². The van der Waals surface area contributed by atoms with Gasteiger partial charge in [-0.3, -0.25) is 4.79 Å². The monoisotopic (exact) mass is 392 g/mol. The quantitative estimate of drug-likeness (QED) is 0.715. The van der Waals surface area contributed by atoms with E-state index in [2.05, 4.69) is 25.5 Å². The van der Waals surface area contributed by atoms with Crippen LogP contribution in [0.1, 0.15) is 22.0 Å². The van der Waals surface area contributed by atoms with E-state index in [0.29, 0.717) is 30.1 Å². The zero-order chi connectivity index (χ0) is 20.2. The summed E-state index contributed by atoms with van der Waals surface area (Å²) < 4.78 is 6.10. The van der Waals surface area contributed by atoms with Crippen molar-refractivity contribution in [2.45, 2.75) is 12.1 Å². The first-order valence-corrected chi connectivity index (χ1v) is 9.60. The highest BCUT2D eigenvalue weighted by Gasteiger charge is 2.37. The lowest BCUT2D eigenvalue weighted by molar-refractivity contribution is -0.0684. The summed E-state index contributed by atoms with van der Waals surface area (Å²) in [5, 5.41) is 14.2. The third-order valence-corrected chi connectivity index (χ3v) is 5.04. The molecule has 0 saturated carbocycles. The minimum absolute atomic E-state index is 0.0636. The van der Waals surface area contributed by atoms with Gasteiger partial charge in [0.2, 0.25) is 5.82 Å². The Labute approximate surface area is 169 Å². The molecule has 0 spiro atoms. The second-order valence-corrected chi connectivity index (χ2v) is 7.31. The van der Waals surface area contributed by atoms with Crippen LogP contribution in [0.4, 0.5) is 0 Å². The number of rotatable bonds is 5. The number of hydrogen-bond acceptors (Lipinski definition) is 6. The molecule has 1 aliphatic rings. The number of H-pyrrole nitrogens is 1. The summed E-state index contributed by atoms with van der Waals surface area (Å²) >= 11 is 0. The minimum atomic E-state index is -0.182. The summed E-state index contributed by atoms with van der Waals surface area (Å²) in [7, 11) is 4.02. The van der Waals surface area contributed by atoms with Crippen molar-refractivity contribution in [1.29, 1.82) is 0 Å². The Bertz CT molecular complexity index is 945. The number of likely N-dealkylation sites (N-methyl/N-ethyl adjacent to an activating group) is 1. The molecule has 1 aliphatic heterocycles. The zero-order valence-corrected chi connectivity index (χ0v) is 16.5. The Morgan fingerprint density at radius 3 is 2.66 bits per heavy atom. The van der Waals surface area contributed by atoms with Gasteiger partial charge in [0.25, 0.3) is 5.91 Å². The number of hydrogen-bond donors (Lipinski definition) is 1. The van der Waals surface area contributed by atoms with Crippen molar-refractivity contribution in [3.63, 3.8) is 0 Å². The molecule has 29 heavy (non-hydrogen) atoms. The standard InChI is InChI=1S/C21H24N6O2/c1-26(2)14-18-19(15-8-4-3-5-9-15)27(12-13-29-18)21(28)17-11-7-6-10-16(17)20-22-24-25-23-20/h3-11,18-19H,12-14H2,1-2H3,(H,22,23,24,25)/t18-,19-/m0/s1. The van der Waals surface area contributed by atoms with Gasteiger partial charge in [0, 0.05) is 18.7 Å². The maximum absolute atomic E-state index is 13.7. The molecule has 150 valence electrons. The molecular weight excluding hydrogens is 368 g/mol. The molecule has 1 amide bonds. The third-order valence-electron chi connectivity index (χ3n) is 5.04. The van der Waals surface area contributed by atoms with E-state index in [0.717, 1.165) is 12.1 Å². The average molecular weight is 392 g/mol. The molecular formula is C21H24N6O2. The fourth-order valence-electron chi connectivity index (χ4n) is 3.81. The number of aromatic nitrogens is 4. The van der Waals surface area contributed by atoms with Crippen molar-refractivity contribution in [2.24, 2.45) is 0 Å². The Balaban J connectivity index is 1.73. The predicted molar refractivity (Wildman–Crippen MR) is 108 cm³/mol. The molecule has 8 heteroatoms. The molecule has 0 radical (unpaired) electrons. The van der Waals surface area contributed by atoms with Crippen LogP contribution in [0.15, 0.2) is 54.6 Å². The van der Waals surface area contributed by atoms with Gasteiger partial charge in [-0.05, 0) is 30.9 Å². The van der Waals surface area contributed by atoms with Crippen LogP contribution in [0, 0.1) is 0 Å². The van der Waals surface area contributed by atoms with E-state index < -0.39 is 0 Å². The van der Waals surface area contributed by atoms with Gasteiger partial charge in [-0.2, -0.15) is 5.21 Å². The average Bonchev–Trinajstić information content (AvgIpc) is 3.28. The largest absolute Gasteiger partial charge is 0.373 e. The first kappa shape index (κ1) is 19.2. The molecule has 1 aromatic heterocycles. The van der Waals surface area contributed by atoms with Crippen LogP contribution in [-0.4, -0.2) is 76.2 Å². The molecule has 2 heterocycles. The number of carbonyl (C=O) groups excluding carboxylic acids is 1. The van der Waals surface area contributed by atoms with Crippen LogP contribution in [0.3, 0.4) is 0 Å². The highest BCUT2D eigenvalue weighted by molar-refractivity contribution is 6.00. The number of nitrogens with zero attached hydrogens (tertiary/aromatic N) is 5. The van der Waals surface area contributed by atoms with Crippen molar-refractivity contribution >= 4 is 5.91 Å². The number of carbonyl (C=O) groups is 1. The molecule has 1 fully saturated rings. The topological polar surface area (TPSA) is 87.2 Å². The van der Waals surface area contributed by atoms with Crippen molar-refractivity contribution in [1.82, 2.24) is 30.4 Å². The van der Waals surface area contributed by atoms with Crippen LogP contribution in [0.2, 0.25) is 0 Å². The van der Waals surface area contributed by atoms with Crippen molar-refractivity contribution in [2.75, 3.05) is 33.8 Å². The van der Waals surface area contributed by atoms with Crippen molar-refractivity contribution < 1.29 is 9.53 Å². The lowest BCUT2D eigenvalue weighted by atomic mass is 9.95. The van der Waals surface area contributed by atoms with E-state index in [1.54, 1.807) is 0 Å². The van der Waals surface area contributed by atoms with E-state index in [-0.39, 0.29) is 18.1 Å². The molecule has 1 N–H and O–H groups in total. The molecule has 2 aromatic carbocycles. The van der Waals surface area contributed by atoms with Gasteiger partial charge in [-0.25, -0.2) is 0 Å². The Morgan fingerprint density at radius 1 is 1.17 bits per heavy atom. The van der Waals surface area contributed by atoms with Crippen LogP contribution < -0.4 is 0 Å². The van der Waals surface area contributed by atoms with Crippen LogP contribution >= 0.6 is 0 Å². The van der Waals surface area contributed by atoms with Crippen molar-refractivity contribution in [3.8, 4) is 11.4 Å². The third kappa shape index (κ3) is 4.03. The van der Waals surface area contributed by atoms with Crippen molar-refractivity contribution in [3.05, 3.63) is 65.7 Å². The van der Waals surface area contributed by atoms with Gasteiger partial charge in [0.05, 0.1) is 24.3 Å². The first-order valence-electron chi connectivity index (χ1n) is 9.60. The molecule has 3 aromatic rings. The van der Waals surface area contributed by atoms with Gasteiger partial charge in [0.15, 0.2) is 0 Å². The van der Waals surface area contributed by atoms with E-state index in [1.165, 1.54) is 0 Å². The lowest BCUT2D eigenvalue weighted by Gasteiger charge is -2.42. The molecule has 4 rings (SSSR count). The molecule has 0 aliphatic carbocycles. The highest BCUT2D eigenvalue weighted by atomic mass is 16.5. The van der Waals surface area contributed by atoms with E-state index in [9.17, 15) is 4.79 Å². The first-order chi connectivity index (χ1) is 14.1. The van der Waals surface area contributed by atoms with Crippen LogP contribution in [0.25, 0.3) is 11.4 Å². The number of benzene rings is 2. The van der Waals surface area contributed by atoms with Gasteiger partial charge >= 0.3 is 0 Å². The second-order valence-electron chi connectivity index (χ2n) is 7.31. The maximum Gasteiger partial charge on any atom is 0.255 e. The number of aromatic amines is 1. The van der Waals surface area contributed by atoms with Gasteiger partial charge in [0.1, 0.15) is 0 Å². The normalized spacial score (nSPS) is 19.5. The number of morpholine rings is 1. The SMILES string of the molecule is CN(C)C[C@@H]1OCCN(C(=O)c2ccccc2-c2nn[nH]n2)[C@H]1c1ccccc1. The fraction of sp³-hybridized carbons (Fsp3) is 0.333. The van der Waals surface area contributed by atoms with Crippen LogP contribution in [0.5, 0.6) is 0 Å². The summed E-state index contributed by atoms with van der Waals surface area (Å²) in [5.74, 6) is 0.342. The van der Waals surface area contributed by atoms with Gasteiger partial charge in [-0.15, -0.1) is 10.2 Å². The zero-order valence-electron chi connectivity index (χ0n) is 16.5. The van der Waals surface area contributed by atoms with Gasteiger partial charge < -0.3 is 14.5 Å². The molecule has 8 nitrogen and oxygen atoms in total. The summed E-state index contributed by atoms with van der Waals surface area (Å²) in [4.78, 5) is 17.7. The smallest absolute Gasteiger partial charge is 0.255 e. The molecule has 0 unspecified atom stereocenters. The molecule has 2 atom stereocenters. The molecule has 1 saturated heterocycles. The summed E-state index contributed by atoms with van der Waals surface area (Å²) in [6.07, 6.45) is -0.123. The predicted octanol–water partition coefficient (Wildman–Crippen LogP) is 2.01. The number of ether oxygens (including phenoxy) is 1. The Hall–Kier alpha value is -3.10. The minimum Gasteiger partial charge on any atom is -0.373 e. The maximum atomic E-state index is 13.7. The second kappa shape index (κ2) is 8.50. The van der Waals surface area contributed by atoms with E-state index >= 15 is 0 Å².